The first-order chi connectivity index (χ1) is 26.9. The van der Waals surface area contributed by atoms with E-state index in [2.05, 4.69) is 86.4 Å². The fraction of sp³-hybridized carbons (Fsp3) is 0.109. The van der Waals surface area contributed by atoms with E-state index in [9.17, 15) is 0 Å². The summed E-state index contributed by atoms with van der Waals surface area (Å²) in [6.07, 6.45) is 1.95. The van der Waals surface area contributed by atoms with Gasteiger partial charge < -0.3 is 13.4 Å². The van der Waals surface area contributed by atoms with Crippen molar-refractivity contribution in [3.05, 3.63) is 151 Å². The minimum atomic E-state index is -2.08. The van der Waals surface area contributed by atoms with Gasteiger partial charge in [-0.3, -0.25) is 4.98 Å². The zero-order valence-electron chi connectivity index (χ0n) is 33.1. The Hall–Kier alpha value is -5.34. The molecule has 0 unspecified atom stereocenters. The Morgan fingerprint density at radius 2 is 1.54 bits per heavy atom. The number of hydrogen-bond acceptors (Lipinski definition) is 5. The van der Waals surface area contributed by atoms with E-state index in [0.29, 0.717) is 11.3 Å². The maximum atomic E-state index is 7.35. The number of furan rings is 2. The van der Waals surface area contributed by atoms with E-state index in [0.717, 1.165) is 83.4 Å². The third kappa shape index (κ3) is 6.36. The number of para-hydroxylation sites is 4. The van der Waals surface area contributed by atoms with Crippen LogP contribution in [0.25, 0.3) is 83.4 Å². The van der Waals surface area contributed by atoms with E-state index >= 15 is 0 Å². The number of imidazole rings is 1. The molecule has 8 heteroatoms. The Morgan fingerprint density at radius 3 is 2.33 bits per heavy atom. The summed E-state index contributed by atoms with van der Waals surface area (Å²) in [5, 5.41) is 4.13. The van der Waals surface area contributed by atoms with Crippen LogP contribution in [0.3, 0.4) is 0 Å². The van der Waals surface area contributed by atoms with Crippen LogP contribution in [0.1, 0.15) is 15.4 Å². The molecule has 6 nitrogen and oxygen atoms in total. The summed E-state index contributed by atoms with van der Waals surface area (Å²) in [7, 11) is 0. The number of rotatable bonds is 4. The first-order valence-corrected chi connectivity index (χ1v) is 24.9. The third-order valence-corrected chi connectivity index (χ3v) is 13.8. The molecular weight excluding hydrogens is 905 g/mol. The maximum absolute atomic E-state index is 7.35. The number of aryl methyl sites for hydroxylation is 2. The predicted molar refractivity (Wildman–Crippen MR) is 219 cm³/mol. The summed E-state index contributed by atoms with van der Waals surface area (Å²) >= 11 is -1.83. The zero-order chi connectivity index (χ0) is 38.8. The maximum Gasteiger partial charge on any atom is 0 e. The van der Waals surface area contributed by atoms with E-state index < -0.39 is 20.1 Å². The van der Waals surface area contributed by atoms with Gasteiger partial charge in [0.2, 0.25) is 5.71 Å². The van der Waals surface area contributed by atoms with Gasteiger partial charge in [-0.2, -0.15) is 0 Å². The van der Waals surface area contributed by atoms with Crippen LogP contribution in [-0.2, 0) is 20.1 Å². The molecule has 10 rings (SSSR count). The molecule has 267 valence electrons. The van der Waals surface area contributed by atoms with Gasteiger partial charge in [0, 0.05) is 42.0 Å². The Kier molecular flexibility index (Phi) is 8.41. The van der Waals surface area contributed by atoms with Gasteiger partial charge in [0.05, 0.1) is 28.1 Å². The molecule has 0 amide bonds. The van der Waals surface area contributed by atoms with Gasteiger partial charge in [-0.05, 0) is 43.3 Å². The summed E-state index contributed by atoms with van der Waals surface area (Å²) in [6.45, 7) is -0.112. The zero-order valence-corrected chi connectivity index (χ0v) is 34.6. The third-order valence-electron chi connectivity index (χ3n) is 9.56. The van der Waals surface area contributed by atoms with Crippen LogP contribution in [0.15, 0.2) is 136 Å². The smallest absolute Gasteiger partial charge is 0 e. The van der Waals surface area contributed by atoms with Crippen molar-refractivity contribution in [2.45, 2.75) is 31.0 Å². The summed E-state index contributed by atoms with van der Waals surface area (Å²) in [6, 6.07) is 46.0. The van der Waals surface area contributed by atoms with Crippen LogP contribution < -0.4 is 4.40 Å². The van der Waals surface area contributed by atoms with Gasteiger partial charge in [-0.25, -0.2) is 4.98 Å². The van der Waals surface area contributed by atoms with Gasteiger partial charge in [0.25, 0.3) is 0 Å². The van der Waals surface area contributed by atoms with Crippen molar-refractivity contribution in [3.8, 4) is 28.3 Å². The molecule has 0 aliphatic carbocycles. The second-order valence-electron chi connectivity index (χ2n) is 14.2. The molecule has 54 heavy (non-hydrogen) atoms. The molecule has 0 spiro atoms. The molecule has 0 aliphatic heterocycles. The second-order valence-corrected chi connectivity index (χ2v) is 24.8. The molecule has 5 heterocycles. The average Bonchev–Trinajstić information content (AvgIpc) is 3.89. The van der Waals surface area contributed by atoms with E-state index in [4.69, 9.17) is 17.9 Å². The molecular formula is C46H36GeIrN4O2-2. The van der Waals surface area contributed by atoms with E-state index in [1.807, 2.05) is 73.8 Å². The summed E-state index contributed by atoms with van der Waals surface area (Å²) in [5.74, 6) is 7.72. The quantitative estimate of drug-likeness (QED) is 0.130. The molecule has 5 aromatic heterocycles. The van der Waals surface area contributed by atoms with Crippen LogP contribution in [0, 0.1) is 25.9 Å². The predicted octanol–water partition coefficient (Wildman–Crippen LogP) is 11.4. The van der Waals surface area contributed by atoms with Crippen molar-refractivity contribution in [1.82, 2.24) is 19.5 Å². The number of aromatic nitrogens is 4. The number of nitrogens with zero attached hydrogens (tertiary/aromatic N) is 4. The summed E-state index contributed by atoms with van der Waals surface area (Å²) in [4.78, 5) is 14.2. The van der Waals surface area contributed by atoms with Crippen molar-refractivity contribution < 1.29 is 33.1 Å². The SMILES string of the molecule is Cc1ccc2c(n1)oc1c(-c3nc4ccccc4n3-c3cccc4c3oc3ccccc34)[c-]ccc12.[2H]C([2H])([2H])c1c[c-]c(-c2cc[c]([Ge]([CH3])([CH3])[CH3])cn2)cc1.[Ir]. The molecule has 1 radical (unpaired) electrons. The number of pyridine rings is 2. The van der Waals surface area contributed by atoms with Gasteiger partial charge in [0.15, 0.2) is 5.58 Å². The van der Waals surface area contributed by atoms with Crippen molar-refractivity contribution in [2.24, 2.45) is 0 Å². The fourth-order valence-corrected chi connectivity index (χ4v) is 8.98. The van der Waals surface area contributed by atoms with Gasteiger partial charge in [-0.1, -0.05) is 53.4 Å². The Morgan fingerprint density at radius 1 is 0.722 bits per heavy atom. The molecule has 0 bridgehead atoms. The number of benzene rings is 5. The van der Waals surface area contributed by atoms with E-state index in [1.165, 1.54) is 10.5 Å². The standard InChI is InChI=1S/C31H18N3O2.C15H18GeN.Ir/c1-18-16-17-22-21-9-6-11-23(28(21)36-31(22)32-18)30-33-24-12-3-4-13-25(24)34(30)26-14-7-10-20-19-8-2-5-15-27(19)35-29(20)26;1-12-5-7-13(8-6-12)15-10-9-14(11-17-15)16(2,3)4;/h2-10,12-17H,1H3;5-7,9-11H,1-4H3;/q2*-1;/i;1D3;. The topological polar surface area (TPSA) is 69.9 Å². The molecule has 0 fully saturated rings. The molecule has 0 aliphatic rings. The van der Waals surface area contributed by atoms with Crippen LogP contribution in [0.2, 0.25) is 17.3 Å². The fourth-order valence-electron chi connectivity index (χ4n) is 6.81. The van der Waals surface area contributed by atoms with Crippen molar-refractivity contribution in [3.63, 3.8) is 0 Å². The minimum absolute atomic E-state index is 0. The summed E-state index contributed by atoms with van der Waals surface area (Å²) < 4.78 is 38.3. The molecule has 10 aromatic rings. The normalized spacial score (nSPS) is 12.7. The average molecular weight is 945 g/mol. The van der Waals surface area contributed by atoms with Gasteiger partial charge in [-0.15, -0.1) is 18.2 Å². The minimum Gasteiger partial charge on any atom is 0 e. The van der Waals surface area contributed by atoms with Crippen molar-refractivity contribution >= 4 is 72.7 Å². The monoisotopic (exact) mass is 946 g/mol. The molecule has 5 aromatic carbocycles. The molecule has 0 N–H and O–H groups in total. The van der Waals surface area contributed by atoms with Crippen molar-refractivity contribution in [1.29, 1.82) is 0 Å². The van der Waals surface area contributed by atoms with Crippen LogP contribution in [0.5, 0.6) is 0 Å². The molecule has 0 atom stereocenters. The van der Waals surface area contributed by atoms with Crippen LogP contribution in [0.4, 0.5) is 0 Å². The molecule has 0 saturated carbocycles. The molecule has 0 saturated heterocycles. The second kappa shape index (κ2) is 14.1. The van der Waals surface area contributed by atoms with E-state index in [1.54, 1.807) is 12.1 Å². The van der Waals surface area contributed by atoms with Crippen molar-refractivity contribution in [2.75, 3.05) is 0 Å². The van der Waals surface area contributed by atoms with Gasteiger partial charge in [0.1, 0.15) is 5.58 Å². The van der Waals surface area contributed by atoms with Crippen LogP contribution >= 0.6 is 0 Å². The number of hydrogen-bond donors (Lipinski definition) is 0. The Bertz CT molecular complexity index is 3020. The Labute approximate surface area is 333 Å². The Balaban J connectivity index is 0.000000186. The number of fused-ring (bicyclic) bond motifs is 7. The first kappa shape index (κ1) is 32.1. The van der Waals surface area contributed by atoms with Gasteiger partial charge >= 0.3 is 110 Å². The first-order valence-electron chi connectivity index (χ1n) is 19.0. The van der Waals surface area contributed by atoms with Crippen LogP contribution in [-0.4, -0.2) is 32.8 Å². The van der Waals surface area contributed by atoms with E-state index in [-0.39, 0.29) is 20.1 Å². The largest absolute Gasteiger partial charge is 0 e. The summed E-state index contributed by atoms with van der Waals surface area (Å²) in [5.41, 5.74) is 9.46.